The first kappa shape index (κ1) is 37.0. The van der Waals surface area contributed by atoms with E-state index in [-0.39, 0.29) is 46.5 Å². The number of carbonyl (C=O) groups is 4. The quantitative estimate of drug-likeness (QED) is 0.158. The van der Waals surface area contributed by atoms with Crippen LogP contribution in [0.3, 0.4) is 0 Å². The number of aldehydes is 1. The Morgan fingerprint density at radius 2 is 1.83 bits per heavy atom. The Morgan fingerprint density at radius 1 is 1.15 bits per heavy atom. The standard InChI is InChI=1S/C32H40FIN3O8PS/c1-19(39)37-13-10-25(24(17-37)30(41)35-20-6-5-7-22(14-20)47(42,43)32(3,33)34)36-29(40)23-15-27(28(46)16-26(23)44-4)45-21-8-11-31(2,18-38)12-9-21/h5-7,14-16,18,21,24-25H,8-13,17,46H2,1-4H3,(H,35,41)(H,36,40)/t21-,24-,25+,31+,32?/m1/s1. The average Bonchev–Trinajstić information content (AvgIpc) is 3.02. The summed E-state index contributed by atoms with van der Waals surface area (Å²) in [5, 5.41) is 6.32. The minimum absolute atomic E-state index is 0.0117. The molecule has 1 aliphatic carbocycles. The van der Waals surface area contributed by atoms with Gasteiger partial charge in [-0.1, -0.05) is 13.0 Å². The number of halogens is 2. The number of nitrogens with zero attached hydrogens (tertiary/aromatic N) is 1. The van der Waals surface area contributed by atoms with Crippen molar-refractivity contribution in [3.63, 3.8) is 0 Å². The lowest BCUT2D eigenvalue weighted by atomic mass is 9.76. The molecule has 2 N–H and O–H groups in total. The van der Waals surface area contributed by atoms with Crippen LogP contribution in [0.25, 0.3) is 0 Å². The van der Waals surface area contributed by atoms with E-state index in [1.54, 1.807) is 12.1 Å². The Labute approximate surface area is 290 Å². The zero-order valence-electron chi connectivity index (χ0n) is 26.7. The van der Waals surface area contributed by atoms with E-state index in [0.717, 1.165) is 13.2 Å². The number of hydrogen-bond acceptors (Lipinski definition) is 8. The molecule has 47 heavy (non-hydrogen) atoms. The maximum Gasteiger partial charge on any atom is 0.261 e. The number of piperidine rings is 1. The highest BCUT2D eigenvalue weighted by atomic mass is 127. The van der Waals surface area contributed by atoms with Gasteiger partial charge >= 0.3 is 0 Å². The number of rotatable bonds is 10. The van der Waals surface area contributed by atoms with Crippen molar-refractivity contribution in [1.82, 2.24) is 10.2 Å². The van der Waals surface area contributed by atoms with Gasteiger partial charge in [0.2, 0.25) is 21.7 Å². The van der Waals surface area contributed by atoms with Crippen LogP contribution in [-0.2, 0) is 24.2 Å². The van der Waals surface area contributed by atoms with Crippen molar-refractivity contribution in [2.24, 2.45) is 11.3 Å². The molecule has 11 nitrogen and oxygen atoms in total. The lowest BCUT2D eigenvalue weighted by Gasteiger charge is -2.37. The predicted molar refractivity (Wildman–Crippen MR) is 187 cm³/mol. The maximum atomic E-state index is 14.4. The summed E-state index contributed by atoms with van der Waals surface area (Å²) in [5.41, 5.74) is -0.0419. The van der Waals surface area contributed by atoms with Crippen LogP contribution in [0.5, 0.6) is 11.5 Å². The third kappa shape index (κ3) is 8.61. The zero-order valence-corrected chi connectivity index (χ0v) is 30.8. The summed E-state index contributed by atoms with van der Waals surface area (Å²) < 4.78 is 48.9. The molecule has 0 bridgehead atoms. The van der Waals surface area contributed by atoms with E-state index in [1.807, 2.05) is 6.92 Å². The molecule has 1 aliphatic heterocycles. The molecule has 4 rings (SSSR count). The molecular formula is C32H40FIN3O8PS. The molecule has 1 saturated carbocycles. The number of hydrogen-bond donors (Lipinski definition) is 2. The van der Waals surface area contributed by atoms with Crippen LogP contribution in [0.4, 0.5) is 10.1 Å². The molecule has 2 aromatic rings. The van der Waals surface area contributed by atoms with Gasteiger partial charge in [0.15, 0.2) is 0 Å². The third-order valence-corrected chi connectivity index (χ3v) is 12.8. The Bertz CT molecular complexity index is 1640. The van der Waals surface area contributed by atoms with Gasteiger partial charge in [-0.3, -0.25) is 14.4 Å². The van der Waals surface area contributed by atoms with Crippen LogP contribution in [0.1, 0.15) is 63.2 Å². The van der Waals surface area contributed by atoms with Crippen LogP contribution in [-0.4, -0.2) is 72.7 Å². The second-order valence-electron chi connectivity index (χ2n) is 12.4. The number of ether oxygens (including phenoxy) is 2. The highest BCUT2D eigenvalue weighted by molar-refractivity contribution is 14.1. The van der Waals surface area contributed by atoms with Gasteiger partial charge in [0.05, 0.1) is 29.6 Å². The Morgan fingerprint density at radius 3 is 2.43 bits per heavy atom. The predicted octanol–water partition coefficient (Wildman–Crippen LogP) is 4.18. The Balaban J connectivity index is 1.55. The number of nitrogens with one attached hydrogen (secondary N) is 2. The van der Waals surface area contributed by atoms with Crippen molar-refractivity contribution < 1.29 is 41.5 Å². The topological polar surface area (TPSA) is 148 Å². The number of methoxy groups -OCH3 is 1. The minimum atomic E-state index is -4.35. The molecule has 0 aromatic heterocycles. The van der Waals surface area contributed by atoms with Crippen molar-refractivity contribution in [1.29, 1.82) is 0 Å². The van der Waals surface area contributed by atoms with Crippen LogP contribution < -0.4 is 25.4 Å². The molecule has 0 radical (unpaired) electrons. The number of amides is 3. The van der Waals surface area contributed by atoms with Crippen molar-refractivity contribution >= 4 is 76.7 Å². The fourth-order valence-corrected chi connectivity index (χ4v) is 7.81. The number of alkyl halides is 2. The fraction of sp³-hybridized carbons (Fsp3) is 0.500. The smallest absolute Gasteiger partial charge is 0.261 e. The summed E-state index contributed by atoms with van der Waals surface area (Å²) in [4.78, 5) is 52.3. The van der Waals surface area contributed by atoms with E-state index in [4.69, 9.17) is 9.47 Å². The third-order valence-electron chi connectivity index (χ3n) is 8.82. The molecular weight excluding hydrogens is 763 g/mol. The van der Waals surface area contributed by atoms with Crippen molar-refractivity contribution in [2.75, 3.05) is 25.5 Å². The fourth-order valence-electron chi connectivity index (χ4n) is 5.80. The van der Waals surface area contributed by atoms with Gasteiger partial charge in [0.1, 0.15) is 17.8 Å². The number of benzene rings is 2. The number of carbonyl (C=O) groups excluding carboxylic acids is 4. The summed E-state index contributed by atoms with van der Waals surface area (Å²) in [6, 6.07) is 7.86. The van der Waals surface area contributed by atoms with Crippen molar-refractivity contribution in [2.45, 2.75) is 72.9 Å². The first-order chi connectivity index (χ1) is 22.0. The van der Waals surface area contributed by atoms with Crippen LogP contribution in [0, 0.1) is 11.3 Å². The van der Waals surface area contributed by atoms with Crippen LogP contribution in [0.15, 0.2) is 41.3 Å². The van der Waals surface area contributed by atoms with Crippen LogP contribution >= 0.6 is 31.8 Å². The molecule has 1 saturated heterocycles. The highest BCUT2D eigenvalue weighted by Crippen LogP contribution is 2.37. The zero-order chi connectivity index (χ0) is 34.7. The summed E-state index contributed by atoms with van der Waals surface area (Å²) >= 11 is 1.20. The second-order valence-corrected chi connectivity index (χ2v) is 18.1. The molecule has 15 heteroatoms. The Hall–Kier alpha value is -2.84. The van der Waals surface area contributed by atoms with E-state index in [2.05, 4.69) is 19.9 Å². The molecule has 4 atom stereocenters. The highest BCUT2D eigenvalue weighted by Gasteiger charge is 2.39. The molecule has 3 amide bonds. The van der Waals surface area contributed by atoms with Crippen molar-refractivity contribution in [3.05, 3.63) is 42.0 Å². The van der Waals surface area contributed by atoms with E-state index >= 15 is 0 Å². The van der Waals surface area contributed by atoms with Gasteiger partial charge < -0.3 is 29.8 Å². The van der Waals surface area contributed by atoms with Crippen LogP contribution in [0.2, 0.25) is 0 Å². The van der Waals surface area contributed by atoms with Gasteiger partial charge in [0.25, 0.3) is 8.91 Å². The summed E-state index contributed by atoms with van der Waals surface area (Å²) in [5.74, 6) is -1.42. The Kier molecular flexibility index (Phi) is 11.6. The lowest BCUT2D eigenvalue weighted by molar-refractivity contribution is -0.133. The number of anilines is 1. The van der Waals surface area contributed by atoms with E-state index in [1.165, 1.54) is 65.8 Å². The van der Waals surface area contributed by atoms with Gasteiger partial charge in [0, 0.05) is 42.5 Å². The van der Waals surface area contributed by atoms with E-state index < -0.39 is 36.6 Å². The summed E-state index contributed by atoms with van der Waals surface area (Å²) in [7, 11) is -0.319. The van der Waals surface area contributed by atoms with E-state index in [9.17, 15) is 32.0 Å². The molecule has 1 heterocycles. The molecule has 2 unspecified atom stereocenters. The number of likely N-dealkylation sites (tertiary alicyclic amines) is 1. The SMILES string of the molecule is COc1cc(P)c(O[C@H]2CC[C@@](C)(C=O)CC2)cc1C(=O)N[C@H]1CCN(C(C)=O)C[C@H]1C(=O)Nc1cccc(S(=O)(=O)C(C)(F)I)c1. The first-order valence-electron chi connectivity index (χ1n) is 15.2. The van der Waals surface area contributed by atoms with Gasteiger partial charge in [-0.05, 0) is 92.0 Å². The second kappa shape index (κ2) is 14.7. The molecule has 2 aromatic carbocycles. The number of sulfone groups is 1. The lowest BCUT2D eigenvalue weighted by Crippen LogP contribution is -2.55. The summed E-state index contributed by atoms with van der Waals surface area (Å²) in [6.45, 7) is 4.58. The van der Waals surface area contributed by atoms with Gasteiger partial charge in [-0.15, -0.1) is 9.24 Å². The normalized spacial score (nSPS) is 24.4. The summed E-state index contributed by atoms with van der Waals surface area (Å²) in [6.07, 6.45) is 3.94. The average molecular weight is 804 g/mol. The van der Waals surface area contributed by atoms with Gasteiger partial charge in [-0.25, -0.2) is 12.8 Å². The maximum absolute atomic E-state index is 14.4. The van der Waals surface area contributed by atoms with E-state index in [0.29, 0.717) is 49.0 Å². The minimum Gasteiger partial charge on any atom is -0.496 e. The molecule has 0 spiro atoms. The monoisotopic (exact) mass is 803 g/mol. The van der Waals surface area contributed by atoms with Crippen molar-refractivity contribution in [3.8, 4) is 11.5 Å². The molecule has 2 aliphatic rings. The molecule has 2 fully saturated rings. The first-order valence-corrected chi connectivity index (χ1v) is 18.3. The molecule has 256 valence electrons. The largest absolute Gasteiger partial charge is 0.496 e. The van der Waals surface area contributed by atoms with Gasteiger partial charge in [-0.2, -0.15) is 0 Å².